The number of hydrogen-bond donors (Lipinski definition) is 1. The molecule has 0 N–H and O–H groups in total. The van der Waals surface area contributed by atoms with Gasteiger partial charge >= 0.3 is 0 Å². The first-order chi connectivity index (χ1) is 8.49. The predicted molar refractivity (Wildman–Crippen MR) is 85.5 cm³/mol. The number of nitrogens with zero attached hydrogens (tertiary/aromatic N) is 1. The number of hydrogen-bond acceptors (Lipinski definition) is 2. The second kappa shape index (κ2) is 7.79. The van der Waals surface area contributed by atoms with Gasteiger partial charge in [-0.05, 0) is 50.3 Å². The van der Waals surface area contributed by atoms with Crippen molar-refractivity contribution < 1.29 is 0 Å². The predicted octanol–water partition coefficient (Wildman–Crippen LogP) is 4.62. The van der Waals surface area contributed by atoms with Gasteiger partial charge in [-0.15, -0.1) is 0 Å². The lowest BCUT2D eigenvalue weighted by Gasteiger charge is -2.38. The molecule has 0 aromatic heterocycles. The molecule has 0 aliphatic heterocycles. The van der Waals surface area contributed by atoms with Crippen LogP contribution in [0.25, 0.3) is 0 Å². The van der Waals surface area contributed by atoms with Crippen LogP contribution in [0.1, 0.15) is 65.7 Å². The monoisotopic (exact) mass is 271 g/mol. The Labute approximate surface area is 120 Å². The van der Waals surface area contributed by atoms with Crippen LogP contribution in [0.3, 0.4) is 0 Å². The first-order valence-electron chi connectivity index (χ1n) is 7.80. The third kappa shape index (κ3) is 5.13. The third-order valence-corrected chi connectivity index (χ3v) is 5.32. The molecule has 0 spiro atoms. The summed E-state index contributed by atoms with van der Waals surface area (Å²) in [6, 6.07) is 0.699. The van der Waals surface area contributed by atoms with Gasteiger partial charge in [0.15, 0.2) is 0 Å². The Bertz CT molecular complexity index is 219. The molecule has 1 rings (SSSR count). The van der Waals surface area contributed by atoms with Crippen molar-refractivity contribution >= 4 is 12.6 Å². The largest absolute Gasteiger partial charge is 0.303 e. The van der Waals surface area contributed by atoms with Gasteiger partial charge in [0.05, 0.1) is 0 Å². The number of rotatable bonds is 6. The molecule has 1 fully saturated rings. The van der Waals surface area contributed by atoms with Crippen LogP contribution < -0.4 is 0 Å². The summed E-state index contributed by atoms with van der Waals surface area (Å²) in [5.41, 5.74) is 0.486. The molecule has 0 bridgehead atoms. The van der Waals surface area contributed by atoms with E-state index in [0.717, 1.165) is 11.7 Å². The smallest absolute Gasteiger partial charge is 0.00665 e. The minimum atomic E-state index is 0.486. The lowest BCUT2D eigenvalue weighted by Crippen LogP contribution is -2.41. The Kier molecular flexibility index (Phi) is 7.08. The molecule has 1 atom stereocenters. The highest BCUT2D eigenvalue weighted by molar-refractivity contribution is 7.80. The van der Waals surface area contributed by atoms with E-state index in [4.69, 9.17) is 0 Å². The summed E-state index contributed by atoms with van der Waals surface area (Å²) >= 11 is 4.68. The van der Waals surface area contributed by atoms with Crippen LogP contribution in [0.2, 0.25) is 0 Å². The summed E-state index contributed by atoms with van der Waals surface area (Å²) < 4.78 is 0. The molecule has 1 aliphatic carbocycles. The Balaban J connectivity index is 2.54. The highest BCUT2D eigenvalue weighted by Crippen LogP contribution is 2.37. The molecule has 108 valence electrons. The highest BCUT2D eigenvalue weighted by atomic mass is 32.1. The summed E-state index contributed by atoms with van der Waals surface area (Å²) in [7, 11) is 2.31. The Morgan fingerprint density at radius 2 is 1.61 bits per heavy atom. The SMILES string of the molecule is CC(C)CC(C)N(C)CC1(CS)CCCCCC1. The molecule has 2 heteroatoms. The first kappa shape index (κ1) is 16.4. The fourth-order valence-corrected chi connectivity index (χ4v) is 3.81. The zero-order chi connectivity index (χ0) is 13.6. The molecule has 1 saturated carbocycles. The lowest BCUT2D eigenvalue weighted by molar-refractivity contribution is 0.132. The van der Waals surface area contributed by atoms with Gasteiger partial charge < -0.3 is 4.90 Å². The van der Waals surface area contributed by atoms with Crippen molar-refractivity contribution in [2.75, 3.05) is 19.3 Å². The average molecular weight is 272 g/mol. The standard InChI is InChI=1S/C16H33NS/c1-14(2)11-15(3)17(4)12-16(13-18)9-7-5-6-8-10-16/h14-15,18H,5-13H2,1-4H3. The van der Waals surface area contributed by atoms with Crippen molar-refractivity contribution in [2.45, 2.75) is 71.8 Å². The minimum Gasteiger partial charge on any atom is -0.303 e. The summed E-state index contributed by atoms with van der Waals surface area (Å²) in [5.74, 6) is 1.86. The zero-order valence-corrected chi connectivity index (χ0v) is 13.8. The highest BCUT2D eigenvalue weighted by Gasteiger charge is 2.31. The van der Waals surface area contributed by atoms with Crippen molar-refractivity contribution in [1.82, 2.24) is 4.90 Å². The van der Waals surface area contributed by atoms with Crippen molar-refractivity contribution in [3.63, 3.8) is 0 Å². The van der Waals surface area contributed by atoms with Crippen LogP contribution in [0.5, 0.6) is 0 Å². The molecular weight excluding hydrogens is 238 g/mol. The fourth-order valence-electron chi connectivity index (χ4n) is 3.39. The van der Waals surface area contributed by atoms with Crippen LogP contribution >= 0.6 is 12.6 Å². The van der Waals surface area contributed by atoms with Gasteiger partial charge in [0.1, 0.15) is 0 Å². The Morgan fingerprint density at radius 1 is 1.06 bits per heavy atom. The lowest BCUT2D eigenvalue weighted by atomic mass is 9.81. The average Bonchev–Trinajstić information content (AvgIpc) is 2.54. The molecule has 1 nitrogen and oxygen atoms in total. The van der Waals surface area contributed by atoms with Gasteiger partial charge in [0, 0.05) is 12.6 Å². The van der Waals surface area contributed by atoms with Crippen molar-refractivity contribution in [3.05, 3.63) is 0 Å². The molecule has 0 saturated heterocycles. The van der Waals surface area contributed by atoms with Crippen LogP contribution in [0, 0.1) is 11.3 Å². The van der Waals surface area contributed by atoms with Gasteiger partial charge in [-0.25, -0.2) is 0 Å². The first-order valence-corrected chi connectivity index (χ1v) is 8.43. The quantitative estimate of drug-likeness (QED) is 0.545. The molecule has 18 heavy (non-hydrogen) atoms. The van der Waals surface area contributed by atoms with Crippen LogP contribution in [-0.2, 0) is 0 Å². The van der Waals surface area contributed by atoms with E-state index >= 15 is 0 Å². The van der Waals surface area contributed by atoms with Gasteiger partial charge in [-0.2, -0.15) is 12.6 Å². The van der Waals surface area contributed by atoms with E-state index in [2.05, 4.69) is 45.3 Å². The van der Waals surface area contributed by atoms with E-state index in [9.17, 15) is 0 Å². The third-order valence-electron chi connectivity index (χ3n) is 4.65. The molecule has 0 aromatic rings. The van der Waals surface area contributed by atoms with Crippen molar-refractivity contribution in [2.24, 2.45) is 11.3 Å². The molecule has 0 radical (unpaired) electrons. The zero-order valence-electron chi connectivity index (χ0n) is 12.9. The maximum atomic E-state index is 4.68. The second-order valence-corrected chi connectivity index (χ2v) is 7.28. The Hall–Kier alpha value is 0.310. The van der Waals surface area contributed by atoms with E-state index in [0.29, 0.717) is 11.5 Å². The fraction of sp³-hybridized carbons (Fsp3) is 1.00. The summed E-state index contributed by atoms with van der Waals surface area (Å²) in [5, 5.41) is 0. The summed E-state index contributed by atoms with van der Waals surface area (Å²) in [4.78, 5) is 2.58. The van der Waals surface area contributed by atoms with Gasteiger partial charge in [0.2, 0.25) is 0 Å². The molecular formula is C16H33NS. The molecule has 0 heterocycles. The van der Waals surface area contributed by atoms with Crippen molar-refractivity contribution in [3.8, 4) is 0 Å². The van der Waals surface area contributed by atoms with Gasteiger partial charge in [0.25, 0.3) is 0 Å². The number of thiol groups is 1. The summed E-state index contributed by atoms with van der Waals surface area (Å²) in [6.45, 7) is 8.27. The van der Waals surface area contributed by atoms with Gasteiger partial charge in [-0.1, -0.05) is 39.5 Å². The van der Waals surface area contributed by atoms with Gasteiger partial charge in [-0.3, -0.25) is 0 Å². The Morgan fingerprint density at radius 3 is 2.06 bits per heavy atom. The van der Waals surface area contributed by atoms with E-state index in [1.165, 1.54) is 51.5 Å². The minimum absolute atomic E-state index is 0.486. The maximum absolute atomic E-state index is 4.68. The normalized spacial score (nSPS) is 22.2. The van der Waals surface area contributed by atoms with Crippen molar-refractivity contribution in [1.29, 1.82) is 0 Å². The second-order valence-electron chi connectivity index (χ2n) is 6.97. The molecule has 0 aromatic carbocycles. The van der Waals surface area contributed by atoms with E-state index in [-0.39, 0.29) is 0 Å². The van der Waals surface area contributed by atoms with Crippen LogP contribution in [-0.4, -0.2) is 30.3 Å². The molecule has 1 aliphatic rings. The topological polar surface area (TPSA) is 3.24 Å². The molecule has 0 amide bonds. The van der Waals surface area contributed by atoms with E-state index < -0.39 is 0 Å². The maximum Gasteiger partial charge on any atom is 0.00665 e. The van der Waals surface area contributed by atoms with E-state index in [1.54, 1.807) is 0 Å². The van der Waals surface area contributed by atoms with E-state index in [1.807, 2.05) is 0 Å². The summed E-state index contributed by atoms with van der Waals surface area (Å²) in [6.07, 6.45) is 9.76. The van der Waals surface area contributed by atoms with Crippen LogP contribution in [0.15, 0.2) is 0 Å². The molecule has 1 unspecified atom stereocenters. The van der Waals surface area contributed by atoms with Crippen LogP contribution in [0.4, 0.5) is 0 Å².